The summed E-state index contributed by atoms with van der Waals surface area (Å²) in [7, 11) is 0. The summed E-state index contributed by atoms with van der Waals surface area (Å²) in [6.07, 6.45) is 11.9. The van der Waals surface area contributed by atoms with Crippen molar-refractivity contribution in [3.63, 3.8) is 0 Å². The zero-order valence-electron chi connectivity index (χ0n) is 13.5. The average Bonchev–Trinajstić information content (AvgIpc) is 3.40. The number of aliphatic hydroxyl groups excluding tert-OH is 1. The van der Waals surface area contributed by atoms with Crippen molar-refractivity contribution >= 4 is 0 Å². The molecule has 1 aromatic heterocycles. The van der Waals surface area contributed by atoms with Crippen LogP contribution in [0.5, 0.6) is 5.75 Å². The van der Waals surface area contributed by atoms with E-state index in [4.69, 9.17) is 4.74 Å². The lowest BCUT2D eigenvalue weighted by atomic mass is 9.95. The summed E-state index contributed by atoms with van der Waals surface area (Å²) in [5.41, 5.74) is 0.823. The number of nitrogens with zero attached hydrogens (tertiary/aromatic N) is 1. The summed E-state index contributed by atoms with van der Waals surface area (Å²) in [6.45, 7) is 6.53. The van der Waals surface area contributed by atoms with E-state index in [1.165, 1.54) is 12.8 Å². The van der Waals surface area contributed by atoms with Crippen LogP contribution in [0.25, 0.3) is 0 Å². The first-order valence-electron chi connectivity index (χ1n) is 8.39. The highest BCUT2D eigenvalue weighted by Crippen LogP contribution is 2.33. The van der Waals surface area contributed by atoms with Crippen LogP contribution < -0.4 is 10.1 Å². The highest BCUT2D eigenvalue weighted by atomic mass is 16.5. The van der Waals surface area contributed by atoms with Crippen molar-refractivity contribution < 1.29 is 11.3 Å². The van der Waals surface area contributed by atoms with Gasteiger partial charge in [0, 0.05) is 25.4 Å². The topological polar surface area (TPSA) is 54.4 Å². The van der Waals surface area contributed by atoms with Crippen molar-refractivity contribution in [1.29, 1.82) is 0 Å². The molecule has 1 aliphatic carbocycles. The molecule has 0 spiro atoms. The fourth-order valence-electron chi connectivity index (χ4n) is 2.45. The third-order valence-electron chi connectivity index (χ3n) is 3.97. The molecule has 0 radical (unpaired) electrons. The Bertz CT molecular complexity index is 460. The highest BCUT2D eigenvalue weighted by molar-refractivity contribution is 5.33. The van der Waals surface area contributed by atoms with Crippen LogP contribution in [0, 0.1) is 0 Å². The second kappa shape index (κ2) is 8.91. The third kappa shape index (κ3) is 5.11. The molecule has 2 N–H and O–H groups in total. The van der Waals surface area contributed by atoms with Gasteiger partial charge in [-0.05, 0) is 44.7 Å². The van der Waals surface area contributed by atoms with E-state index < -0.39 is 6.10 Å². The molecule has 2 aliphatic rings. The van der Waals surface area contributed by atoms with Crippen LogP contribution in [-0.2, 0) is 0 Å². The first kappa shape index (κ1) is 17.0. The number of allylic oxidation sites excluding steroid dienone is 1. The Morgan fingerprint density at radius 2 is 2.27 bits per heavy atom. The molecule has 0 bridgehead atoms. The molecule has 4 heteroatoms. The second-order valence-electron chi connectivity index (χ2n) is 5.93. The molecular formula is C18H30N2O2. The van der Waals surface area contributed by atoms with E-state index in [0.717, 1.165) is 43.5 Å². The van der Waals surface area contributed by atoms with E-state index in [1.807, 2.05) is 12.1 Å². The van der Waals surface area contributed by atoms with Crippen LogP contribution in [0.15, 0.2) is 31.1 Å². The molecule has 2 heterocycles. The Labute approximate surface area is 135 Å². The predicted octanol–water partition coefficient (Wildman–Crippen LogP) is 3.63. The monoisotopic (exact) mass is 306 g/mol. The normalized spacial score (nSPS) is 22.2. The van der Waals surface area contributed by atoms with Gasteiger partial charge < -0.3 is 15.2 Å². The first-order chi connectivity index (χ1) is 10.8. The van der Waals surface area contributed by atoms with Crippen molar-refractivity contribution in [3.05, 3.63) is 36.7 Å². The van der Waals surface area contributed by atoms with Gasteiger partial charge in [0.1, 0.15) is 5.75 Å². The zero-order valence-corrected chi connectivity index (χ0v) is 13.5. The van der Waals surface area contributed by atoms with E-state index in [-0.39, 0.29) is 7.47 Å². The minimum Gasteiger partial charge on any atom is -0.490 e. The van der Waals surface area contributed by atoms with Crippen LogP contribution in [0.3, 0.4) is 0 Å². The Balaban J connectivity index is 0.000000478. The maximum Gasteiger partial charge on any atom is 0.128 e. The van der Waals surface area contributed by atoms with Crippen molar-refractivity contribution in [3.8, 4) is 5.75 Å². The molecule has 22 heavy (non-hydrogen) atoms. The fraction of sp³-hybridized carbons (Fsp3) is 0.611. The van der Waals surface area contributed by atoms with E-state index in [9.17, 15) is 5.11 Å². The number of aliphatic hydroxyl groups is 1. The predicted molar refractivity (Wildman–Crippen MR) is 91.1 cm³/mol. The van der Waals surface area contributed by atoms with E-state index in [0.29, 0.717) is 6.10 Å². The van der Waals surface area contributed by atoms with Gasteiger partial charge in [0.25, 0.3) is 0 Å². The molecule has 1 aromatic rings. The van der Waals surface area contributed by atoms with Gasteiger partial charge in [-0.15, -0.1) is 6.58 Å². The van der Waals surface area contributed by atoms with Gasteiger partial charge in [-0.3, -0.25) is 4.98 Å². The molecule has 2 unspecified atom stereocenters. The molecule has 124 valence electrons. The summed E-state index contributed by atoms with van der Waals surface area (Å²) in [6, 6.07) is 1.99. The lowest BCUT2D eigenvalue weighted by molar-refractivity contribution is 0.109. The van der Waals surface area contributed by atoms with Crippen LogP contribution in [0.1, 0.15) is 58.5 Å². The highest BCUT2D eigenvalue weighted by Gasteiger charge is 2.29. The molecule has 0 aromatic carbocycles. The van der Waals surface area contributed by atoms with Crippen LogP contribution in [0.2, 0.25) is 0 Å². The number of hydrogen-bond donors (Lipinski definition) is 2. The summed E-state index contributed by atoms with van der Waals surface area (Å²) < 4.78 is 5.84. The van der Waals surface area contributed by atoms with E-state index in [2.05, 4.69) is 23.8 Å². The number of ether oxygens (including phenoxy) is 1. The van der Waals surface area contributed by atoms with Gasteiger partial charge >= 0.3 is 0 Å². The quantitative estimate of drug-likeness (QED) is 0.816. The van der Waals surface area contributed by atoms with Crippen LogP contribution in [0.4, 0.5) is 0 Å². The minimum atomic E-state index is -0.521. The van der Waals surface area contributed by atoms with Crippen molar-refractivity contribution in [2.24, 2.45) is 0 Å². The Kier molecular flexibility index (Phi) is 6.87. The van der Waals surface area contributed by atoms with Gasteiger partial charge in [0.2, 0.25) is 0 Å². The van der Waals surface area contributed by atoms with Gasteiger partial charge in [-0.2, -0.15) is 0 Å². The number of piperidine rings is 1. The number of nitrogens with one attached hydrogen (secondary N) is 1. The molecule has 1 saturated carbocycles. The Morgan fingerprint density at radius 3 is 2.86 bits per heavy atom. The van der Waals surface area contributed by atoms with Gasteiger partial charge in [-0.25, -0.2) is 0 Å². The van der Waals surface area contributed by atoms with Gasteiger partial charge in [-0.1, -0.05) is 19.4 Å². The zero-order chi connectivity index (χ0) is 15.8. The summed E-state index contributed by atoms with van der Waals surface area (Å²) >= 11 is 0. The van der Waals surface area contributed by atoms with Crippen molar-refractivity contribution in [2.75, 3.05) is 6.54 Å². The van der Waals surface area contributed by atoms with Crippen LogP contribution in [-0.4, -0.2) is 28.8 Å². The van der Waals surface area contributed by atoms with Gasteiger partial charge in [0.15, 0.2) is 0 Å². The molecule has 0 amide bonds. The van der Waals surface area contributed by atoms with Crippen molar-refractivity contribution in [1.82, 2.24) is 10.3 Å². The largest absolute Gasteiger partial charge is 0.490 e. The lowest BCUT2D eigenvalue weighted by Crippen LogP contribution is -2.39. The molecule has 1 saturated heterocycles. The maximum atomic E-state index is 10.5. The SMILES string of the molecule is C=CCC.OC(c1cnccc1OC1CC1)C1CCCCN1.[HH]. The van der Waals surface area contributed by atoms with E-state index >= 15 is 0 Å². The number of aromatic nitrogens is 1. The Morgan fingerprint density at radius 1 is 1.50 bits per heavy atom. The molecule has 4 nitrogen and oxygen atoms in total. The lowest BCUT2D eigenvalue weighted by Gasteiger charge is -2.28. The van der Waals surface area contributed by atoms with Gasteiger partial charge in [0.05, 0.1) is 12.2 Å². The number of pyridine rings is 1. The number of rotatable bonds is 5. The summed E-state index contributed by atoms with van der Waals surface area (Å²) in [5, 5.41) is 13.9. The molecule has 2 atom stereocenters. The summed E-state index contributed by atoms with van der Waals surface area (Å²) in [5.74, 6) is 0.798. The summed E-state index contributed by atoms with van der Waals surface area (Å²) in [4.78, 5) is 4.12. The molecule has 1 aliphatic heterocycles. The second-order valence-corrected chi connectivity index (χ2v) is 5.93. The van der Waals surface area contributed by atoms with Crippen LogP contribution >= 0.6 is 0 Å². The maximum absolute atomic E-state index is 10.5. The third-order valence-corrected chi connectivity index (χ3v) is 3.97. The average molecular weight is 306 g/mol. The minimum absolute atomic E-state index is 0. The fourth-order valence-corrected chi connectivity index (χ4v) is 2.45. The molecular weight excluding hydrogens is 276 g/mol. The van der Waals surface area contributed by atoms with E-state index in [1.54, 1.807) is 12.4 Å². The van der Waals surface area contributed by atoms with Crippen molar-refractivity contribution in [2.45, 2.75) is 63.7 Å². The molecule has 3 rings (SSSR count). The number of hydrogen-bond acceptors (Lipinski definition) is 4. The molecule has 2 fully saturated rings. The first-order valence-corrected chi connectivity index (χ1v) is 8.39. The Hall–Kier alpha value is -1.39. The standard InChI is InChI=1S/C14H20N2O2.C4H8.H2/c17-14(12-3-1-2-7-16-12)11-9-15-8-6-13(11)18-10-4-5-10;1-3-4-2;/h6,8-10,12,14,16-17H,1-5,7H2;3H,1,4H2,2H3;1H. The smallest absolute Gasteiger partial charge is 0.128 e.